The Kier molecular flexibility index (Phi) is 8.88. The van der Waals surface area contributed by atoms with Crippen LogP contribution in [-0.4, -0.2) is 0 Å². The number of hydrogen-bond donors (Lipinski definition) is 0. The van der Waals surface area contributed by atoms with Crippen LogP contribution in [0, 0.1) is 17.8 Å². The Morgan fingerprint density at radius 1 is 0.391 bits per heavy atom. The van der Waals surface area contributed by atoms with Crippen molar-refractivity contribution in [2.75, 3.05) is 4.90 Å². The van der Waals surface area contributed by atoms with Crippen LogP contribution in [0.2, 0.25) is 0 Å². The zero-order valence-electron chi connectivity index (χ0n) is 36.1. The van der Waals surface area contributed by atoms with Gasteiger partial charge in [0.1, 0.15) is 0 Å². The molecule has 1 heterocycles. The molecule has 14 rings (SSSR count). The topological polar surface area (TPSA) is 3.24 Å². The monoisotopic (exact) mass is 841 g/mol. The second-order valence-corrected chi connectivity index (χ2v) is 22.1. The Hall–Kier alpha value is -6.61. The van der Waals surface area contributed by atoms with Gasteiger partial charge in [-0.15, -0.1) is 10.0 Å². The van der Waals surface area contributed by atoms with Crippen LogP contribution in [0.5, 0.6) is 0 Å². The predicted molar refractivity (Wildman–Crippen MR) is 268 cm³/mol. The minimum Gasteiger partial charge on any atom is -0.310 e. The van der Waals surface area contributed by atoms with Crippen molar-refractivity contribution in [3.8, 4) is 33.4 Å². The molecule has 0 N–H and O–H groups in total. The van der Waals surface area contributed by atoms with Gasteiger partial charge in [-0.25, -0.2) is 0 Å². The molecule has 4 saturated carbocycles. The van der Waals surface area contributed by atoms with Crippen LogP contribution in [-0.2, 0) is 5.41 Å². The number of nitrogens with zero attached hydrogens (tertiary/aromatic N) is 1. The molecule has 2 heteroatoms. The molecular formula is C62H51NS. The summed E-state index contributed by atoms with van der Waals surface area (Å²) >= 11 is 0. The van der Waals surface area contributed by atoms with Gasteiger partial charge in [-0.2, -0.15) is 0 Å². The van der Waals surface area contributed by atoms with Crippen LogP contribution in [0.15, 0.2) is 238 Å². The highest BCUT2D eigenvalue weighted by Gasteiger charge is 2.51. The lowest BCUT2D eigenvalue weighted by molar-refractivity contribution is -0.00518. The SMILES string of the molecule is c1ccc(-c2cccc3cccc(-c4ccc(N(c5ccc(C67CC8CC(CC(C8)C6)C7)cc5)c5cccc6c5-c5ccccc5S6(c5ccccc5)c5ccccc5)cc4)c23)cc1. The molecule has 4 aliphatic carbocycles. The maximum Gasteiger partial charge on any atom is 0.0551 e. The van der Waals surface area contributed by atoms with Gasteiger partial charge in [0.2, 0.25) is 0 Å². The Morgan fingerprint density at radius 3 is 1.45 bits per heavy atom. The molecule has 0 spiro atoms. The van der Waals surface area contributed by atoms with Crippen LogP contribution >= 0.6 is 10.0 Å². The third-order valence-corrected chi connectivity index (χ3v) is 19.4. The van der Waals surface area contributed by atoms with Crippen LogP contribution in [0.1, 0.15) is 44.1 Å². The lowest BCUT2D eigenvalue weighted by atomic mass is 9.48. The van der Waals surface area contributed by atoms with Crippen LogP contribution < -0.4 is 4.90 Å². The molecule has 9 aromatic rings. The third-order valence-electron chi connectivity index (χ3n) is 15.5. The summed E-state index contributed by atoms with van der Waals surface area (Å²) in [5.74, 6) is 2.74. The Balaban J connectivity index is 1.00. The first-order valence-corrected chi connectivity index (χ1v) is 25.0. The summed E-state index contributed by atoms with van der Waals surface area (Å²) in [6.45, 7) is 0. The highest BCUT2D eigenvalue weighted by atomic mass is 32.3. The van der Waals surface area contributed by atoms with E-state index in [0.29, 0.717) is 5.41 Å². The first-order valence-electron chi connectivity index (χ1n) is 23.4. The van der Waals surface area contributed by atoms with Crippen molar-refractivity contribution in [2.45, 2.75) is 63.5 Å². The number of hydrogen-bond acceptors (Lipinski definition) is 1. The second kappa shape index (κ2) is 15.0. The summed E-state index contributed by atoms with van der Waals surface area (Å²) in [5, 5.41) is 2.55. The van der Waals surface area contributed by atoms with Crippen molar-refractivity contribution in [2.24, 2.45) is 17.8 Å². The van der Waals surface area contributed by atoms with E-state index in [9.17, 15) is 0 Å². The van der Waals surface area contributed by atoms with E-state index in [4.69, 9.17) is 0 Å². The molecule has 0 aromatic heterocycles. The van der Waals surface area contributed by atoms with Gasteiger partial charge in [-0.05, 0) is 173 Å². The third kappa shape index (κ3) is 5.85. The summed E-state index contributed by atoms with van der Waals surface area (Å²) in [4.78, 5) is 8.11. The molecule has 9 aromatic carbocycles. The van der Waals surface area contributed by atoms with Crippen molar-refractivity contribution < 1.29 is 0 Å². The molecular weight excluding hydrogens is 791 g/mol. The van der Waals surface area contributed by atoms with Crippen LogP contribution in [0.3, 0.4) is 0 Å². The summed E-state index contributed by atoms with van der Waals surface area (Å²) in [6.07, 6.45) is 8.50. The Morgan fingerprint density at radius 2 is 0.859 bits per heavy atom. The van der Waals surface area contributed by atoms with Gasteiger partial charge < -0.3 is 4.90 Å². The molecule has 64 heavy (non-hydrogen) atoms. The molecule has 0 amide bonds. The van der Waals surface area contributed by atoms with Gasteiger partial charge in [0.25, 0.3) is 0 Å². The van der Waals surface area contributed by atoms with E-state index in [1.807, 2.05) is 0 Å². The molecule has 310 valence electrons. The Bertz CT molecular complexity index is 3090. The van der Waals surface area contributed by atoms with Crippen LogP contribution in [0.25, 0.3) is 44.2 Å². The lowest BCUT2D eigenvalue weighted by Crippen LogP contribution is -2.48. The minimum atomic E-state index is -1.81. The van der Waals surface area contributed by atoms with E-state index >= 15 is 0 Å². The fourth-order valence-electron chi connectivity index (χ4n) is 13.3. The average Bonchev–Trinajstić information content (AvgIpc) is 3.66. The Labute approximate surface area is 379 Å². The quantitative estimate of drug-likeness (QED) is 0.147. The number of fused-ring (bicyclic) bond motifs is 4. The highest BCUT2D eigenvalue weighted by molar-refractivity contribution is 8.34. The standard InChI is InChI=1S/C62H51NS/c1-4-15-46(16-5-1)54-24-12-17-48-18-13-25-55(60(48)54)47-29-33-50(34-30-47)63(51-35-31-49(32-36-51)62-40-43-37-44(41-62)39-45(38-43)42-62)57-26-14-28-59-61(57)56-23-10-11-27-58(56)64(59,52-19-6-2-7-20-52)53-21-8-3-9-22-53/h1-36,43-45H,37-42H2. The van der Waals surface area contributed by atoms with Gasteiger partial charge in [-0.3, -0.25) is 0 Å². The summed E-state index contributed by atoms with van der Waals surface area (Å²) < 4.78 is 0. The molecule has 0 saturated heterocycles. The maximum atomic E-state index is 2.56. The molecule has 1 aliphatic heterocycles. The molecule has 1 nitrogen and oxygen atoms in total. The average molecular weight is 842 g/mol. The van der Waals surface area contributed by atoms with Gasteiger partial charge in [0, 0.05) is 36.5 Å². The van der Waals surface area contributed by atoms with Gasteiger partial charge >= 0.3 is 0 Å². The largest absolute Gasteiger partial charge is 0.310 e. The fourth-order valence-corrected chi connectivity index (χ4v) is 17.5. The van der Waals surface area contributed by atoms with Crippen molar-refractivity contribution in [1.29, 1.82) is 0 Å². The van der Waals surface area contributed by atoms with E-state index < -0.39 is 10.0 Å². The minimum absolute atomic E-state index is 0.345. The molecule has 5 aliphatic rings. The maximum absolute atomic E-state index is 2.56. The van der Waals surface area contributed by atoms with Crippen molar-refractivity contribution in [3.05, 3.63) is 224 Å². The normalized spacial score (nSPS) is 21.6. The van der Waals surface area contributed by atoms with E-state index in [0.717, 1.165) is 23.4 Å². The zero-order valence-corrected chi connectivity index (χ0v) is 36.9. The molecule has 0 radical (unpaired) electrons. The smallest absolute Gasteiger partial charge is 0.0551 e. The molecule has 4 bridgehead atoms. The van der Waals surface area contributed by atoms with E-state index in [2.05, 4.69) is 223 Å². The van der Waals surface area contributed by atoms with Gasteiger partial charge in [0.15, 0.2) is 0 Å². The fraction of sp³-hybridized carbons (Fsp3) is 0.161. The summed E-state index contributed by atoms with van der Waals surface area (Å²) in [5.41, 5.74) is 13.1. The highest BCUT2D eigenvalue weighted by Crippen LogP contribution is 2.81. The van der Waals surface area contributed by atoms with Crippen molar-refractivity contribution in [1.82, 2.24) is 0 Å². The van der Waals surface area contributed by atoms with Crippen molar-refractivity contribution in [3.63, 3.8) is 0 Å². The summed E-state index contributed by atoms with van der Waals surface area (Å²) in [7, 11) is -1.81. The van der Waals surface area contributed by atoms with Crippen LogP contribution in [0.4, 0.5) is 17.1 Å². The summed E-state index contributed by atoms with van der Waals surface area (Å²) in [6, 6.07) is 82.6. The molecule has 0 unspecified atom stereocenters. The van der Waals surface area contributed by atoms with E-state index in [1.54, 1.807) is 5.56 Å². The second-order valence-electron chi connectivity index (χ2n) is 19.1. The van der Waals surface area contributed by atoms with E-state index in [-0.39, 0.29) is 0 Å². The number of benzene rings is 9. The lowest BCUT2D eigenvalue weighted by Gasteiger charge is -2.57. The number of rotatable bonds is 8. The molecule has 4 fully saturated rings. The zero-order chi connectivity index (χ0) is 42.2. The first-order chi connectivity index (χ1) is 31.7. The van der Waals surface area contributed by atoms with Gasteiger partial charge in [0.05, 0.1) is 5.69 Å². The van der Waals surface area contributed by atoms with Gasteiger partial charge in [-0.1, -0.05) is 152 Å². The van der Waals surface area contributed by atoms with E-state index in [1.165, 1.54) is 114 Å². The van der Waals surface area contributed by atoms with Crippen molar-refractivity contribution >= 4 is 37.9 Å². The predicted octanol–water partition coefficient (Wildman–Crippen LogP) is 17.4. The first kappa shape index (κ1) is 37.9. The molecule has 0 atom stereocenters. The number of anilines is 3.